The lowest BCUT2D eigenvalue weighted by Gasteiger charge is -2.30. The number of likely N-dealkylation sites (tertiary alicyclic amines) is 1. The van der Waals surface area contributed by atoms with Crippen LogP contribution in [0.4, 0.5) is 5.69 Å². The number of nitrogens with two attached hydrogens (primary N) is 1. The fourth-order valence-electron chi connectivity index (χ4n) is 2.81. The van der Waals surface area contributed by atoms with Crippen LogP contribution in [0.25, 0.3) is 6.08 Å². The molecule has 1 saturated heterocycles. The van der Waals surface area contributed by atoms with Gasteiger partial charge in [0.2, 0.25) is 11.8 Å². The van der Waals surface area contributed by atoms with E-state index in [0.29, 0.717) is 17.8 Å². The number of anilines is 1. The molecule has 110 valence electrons. The summed E-state index contributed by atoms with van der Waals surface area (Å²) in [5.41, 5.74) is 7.42. The van der Waals surface area contributed by atoms with Gasteiger partial charge < -0.3 is 15.5 Å². The minimum absolute atomic E-state index is 0.0908. The minimum Gasteiger partial charge on any atom is -0.366 e. The molecule has 0 saturated carbocycles. The highest BCUT2D eigenvalue weighted by Crippen LogP contribution is 2.26. The number of hydrogen-bond donors (Lipinski definition) is 1. The summed E-state index contributed by atoms with van der Waals surface area (Å²) in [5, 5.41) is 0. The average Bonchev–Trinajstić information content (AvgIpc) is 3.01. The Hall–Kier alpha value is -2.37. The van der Waals surface area contributed by atoms with E-state index in [1.54, 1.807) is 12.3 Å². The molecule has 0 spiro atoms. The number of fused-ring (bicyclic) bond motifs is 1. The summed E-state index contributed by atoms with van der Waals surface area (Å²) in [6.45, 7) is 2.26. The number of primary amides is 1. The second kappa shape index (κ2) is 5.55. The predicted molar refractivity (Wildman–Crippen MR) is 79.4 cm³/mol. The molecule has 0 radical (unpaired) electrons. The molecule has 0 bridgehead atoms. The SMILES string of the molecule is NC(=O)C1=Cc2ncccc2N(CC(=O)N2CCCC2)C1. The molecule has 2 aliphatic heterocycles. The standard InChI is InChI=1S/C15H18N4O2/c16-15(21)11-8-12-13(4-3-5-17-12)19(9-11)10-14(20)18-6-1-2-7-18/h3-5,8H,1-2,6-7,9-10H2,(H2,16,21). The van der Waals surface area contributed by atoms with Crippen molar-refractivity contribution in [2.75, 3.05) is 31.1 Å². The highest BCUT2D eigenvalue weighted by atomic mass is 16.2. The first-order valence-electron chi connectivity index (χ1n) is 7.13. The van der Waals surface area contributed by atoms with Gasteiger partial charge >= 0.3 is 0 Å². The zero-order valence-corrected chi connectivity index (χ0v) is 11.8. The fraction of sp³-hybridized carbons (Fsp3) is 0.400. The zero-order chi connectivity index (χ0) is 14.8. The van der Waals surface area contributed by atoms with E-state index < -0.39 is 5.91 Å². The van der Waals surface area contributed by atoms with E-state index >= 15 is 0 Å². The van der Waals surface area contributed by atoms with Gasteiger partial charge in [-0.05, 0) is 31.1 Å². The van der Waals surface area contributed by atoms with Gasteiger partial charge in [-0.2, -0.15) is 0 Å². The number of hydrogen-bond acceptors (Lipinski definition) is 4. The molecule has 2 amide bonds. The lowest BCUT2D eigenvalue weighted by Crippen LogP contribution is -2.42. The molecule has 0 atom stereocenters. The molecule has 0 aliphatic carbocycles. The van der Waals surface area contributed by atoms with Crippen molar-refractivity contribution in [1.29, 1.82) is 0 Å². The van der Waals surface area contributed by atoms with Crippen LogP contribution in [0.2, 0.25) is 0 Å². The van der Waals surface area contributed by atoms with E-state index in [1.165, 1.54) is 0 Å². The van der Waals surface area contributed by atoms with Crippen molar-refractivity contribution in [2.45, 2.75) is 12.8 Å². The van der Waals surface area contributed by atoms with E-state index in [1.807, 2.05) is 21.9 Å². The van der Waals surface area contributed by atoms with Gasteiger partial charge in [-0.1, -0.05) is 0 Å². The molecule has 1 aromatic rings. The first kappa shape index (κ1) is 13.6. The van der Waals surface area contributed by atoms with Crippen LogP contribution in [-0.2, 0) is 9.59 Å². The molecule has 2 N–H and O–H groups in total. The van der Waals surface area contributed by atoms with Crippen molar-refractivity contribution in [3.05, 3.63) is 29.6 Å². The van der Waals surface area contributed by atoms with Crippen molar-refractivity contribution in [2.24, 2.45) is 5.73 Å². The first-order valence-corrected chi connectivity index (χ1v) is 7.13. The average molecular weight is 286 g/mol. The summed E-state index contributed by atoms with van der Waals surface area (Å²) in [7, 11) is 0. The number of carbonyl (C=O) groups is 2. The van der Waals surface area contributed by atoms with Gasteiger partial charge in [0.1, 0.15) is 0 Å². The van der Waals surface area contributed by atoms with Gasteiger partial charge in [0.15, 0.2) is 0 Å². The van der Waals surface area contributed by atoms with Crippen LogP contribution in [0.5, 0.6) is 0 Å². The second-order valence-electron chi connectivity index (χ2n) is 5.39. The molecular formula is C15H18N4O2. The van der Waals surface area contributed by atoms with E-state index in [0.717, 1.165) is 31.6 Å². The van der Waals surface area contributed by atoms with Crippen LogP contribution >= 0.6 is 0 Å². The number of rotatable bonds is 3. The summed E-state index contributed by atoms with van der Waals surface area (Å²) >= 11 is 0. The third-order valence-corrected chi connectivity index (χ3v) is 3.93. The molecule has 1 fully saturated rings. The van der Waals surface area contributed by atoms with Gasteiger partial charge in [-0.25, -0.2) is 0 Å². The van der Waals surface area contributed by atoms with Crippen molar-refractivity contribution in [3.63, 3.8) is 0 Å². The number of nitrogens with zero attached hydrogens (tertiary/aromatic N) is 3. The highest BCUT2D eigenvalue weighted by molar-refractivity contribution is 6.00. The maximum Gasteiger partial charge on any atom is 0.246 e. The molecular weight excluding hydrogens is 268 g/mol. The molecule has 0 aromatic carbocycles. The number of pyridine rings is 1. The largest absolute Gasteiger partial charge is 0.366 e. The summed E-state index contributed by atoms with van der Waals surface area (Å²) in [6.07, 6.45) is 5.50. The Morgan fingerprint density at radius 3 is 2.76 bits per heavy atom. The normalized spacial score (nSPS) is 17.4. The topological polar surface area (TPSA) is 79.5 Å². The number of aromatic nitrogens is 1. The summed E-state index contributed by atoms with van der Waals surface area (Å²) in [4.78, 5) is 31.8. The Bertz CT molecular complexity index is 605. The second-order valence-corrected chi connectivity index (χ2v) is 5.39. The van der Waals surface area contributed by atoms with Gasteiger partial charge in [0, 0.05) is 31.4 Å². The third kappa shape index (κ3) is 2.74. The molecule has 3 rings (SSSR count). The summed E-state index contributed by atoms with van der Waals surface area (Å²) in [5.74, 6) is -0.377. The minimum atomic E-state index is -0.468. The van der Waals surface area contributed by atoms with Gasteiger partial charge in [-0.15, -0.1) is 0 Å². The van der Waals surface area contributed by atoms with Crippen LogP contribution in [0.15, 0.2) is 23.9 Å². The summed E-state index contributed by atoms with van der Waals surface area (Å²) < 4.78 is 0. The van der Waals surface area contributed by atoms with Crippen LogP contribution < -0.4 is 10.6 Å². The van der Waals surface area contributed by atoms with Crippen LogP contribution in [-0.4, -0.2) is 47.9 Å². The Balaban J connectivity index is 1.83. The number of amides is 2. The fourth-order valence-corrected chi connectivity index (χ4v) is 2.81. The maximum absolute atomic E-state index is 12.3. The van der Waals surface area contributed by atoms with Crippen LogP contribution in [0, 0.1) is 0 Å². The molecule has 3 heterocycles. The third-order valence-electron chi connectivity index (χ3n) is 3.93. The lowest BCUT2D eigenvalue weighted by atomic mass is 10.1. The Labute approximate surface area is 123 Å². The van der Waals surface area contributed by atoms with E-state index in [4.69, 9.17) is 5.73 Å². The molecule has 21 heavy (non-hydrogen) atoms. The van der Waals surface area contributed by atoms with E-state index in [2.05, 4.69) is 4.98 Å². The van der Waals surface area contributed by atoms with Gasteiger partial charge in [0.05, 0.1) is 17.9 Å². The predicted octanol–water partition coefficient (Wildman–Crippen LogP) is 0.393. The Morgan fingerprint density at radius 1 is 1.29 bits per heavy atom. The van der Waals surface area contributed by atoms with Gasteiger partial charge in [0.25, 0.3) is 0 Å². The van der Waals surface area contributed by atoms with E-state index in [-0.39, 0.29) is 12.5 Å². The monoisotopic (exact) mass is 286 g/mol. The molecule has 2 aliphatic rings. The van der Waals surface area contributed by atoms with Crippen molar-refractivity contribution < 1.29 is 9.59 Å². The van der Waals surface area contributed by atoms with E-state index in [9.17, 15) is 9.59 Å². The van der Waals surface area contributed by atoms with Crippen LogP contribution in [0.3, 0.4) is 0 Å². The van der Waals surface area contributed by atoms with Crippen molar-refractivity contribution in [3.8, 4) is 0 Å². The van der Waals surface area contributed by atoms with Crippen molar-refractivity contribution >= 4 is 23.6 Å². The van der Waals surface area contributed by atoms with Crippen LogP contribution in [0.1, 0.15) is 18.5 Å². The molecule has 1 aromatic heterocycles. The zero-order valence-electron chi connectivity index (χ0n) is 11.8. The molecule has 0 unspecified atom stereocenters. The maximum atomic E-state index is 12.3. The molecule has 6 heteroatoms. The van der Waals surface area contributed by atoms with Gasteiger partial charge in [-0.3, -0.25) is 14.6 Å². The lowest BCUT2D eigenvalue weighted by molar-refractivity contribution is -0.128. The Kier molecular flexibility index (Phi) is 3.60. The quantitative estimate of drug-likeness (QED) is 0.872. The highest BCUT2D eigenvalue weighted by Gasteiger charge is 2.26. The summed E-state index contributed by atoms with van der Waals surface area (Å²) in [6, 6.07) is 3.74. The smallest absolute Gasteiger partial charge is 0.246 e. The Morgan fingerprint density at radius 2 is 2.05 bits per heavy atom. The first-order chi connectivity index (χ1) is 10.1. The molecule has 6 nitrogen and oxygen atoms in total. The number of carbonyl (C=O) groups excluding carboxylic acids is 2. The van der Waals surface area contributed by atoms with Crippen molar-refractivity contribution in [1.82, 2.24) is 9.88 Å².